The molecule has 296 valence electrons. The third-order valence-corrected chi connectivity index (χ3v) is 15.8. The maximum absolute atomic E-state index is 14.5. The van der Waals surface area contributed by atoms with Gasteiger partial charge in [0.25, 0.3) is 26.0 Å². The van der Waals surface area contributed by atoms with Crippen molar-refractivity contribution >= 4 is 55.1 Å². The summed E-state index contributed by atoms with van der Waals surface area (Å²) < 4.78 is 55.8. The monoisotopic (exact) mass is 804 g/mol. The lowest BCUT2D eigenvalue weighted by Gasteiger charge is -2.38. The predicted molar refractivity (Wildman–Crippen MR) is 205 cm³/mol. The van der Waals surface area contributed by atoms with Gasteiger partial charge >= 0.3 is 6.03 Å². The average molecular weight is 805 g/mol. The van der Waals surface area contributed by atoms with Crippen molar-refractivity contribution in [3.05, 3.63) is 60.5 Å². The Hall–Kier alpha value is -3.80. The van der Waals surface area contributed by atoms with E-state index in [9.17, 15) is 36.0 Å². The number of nitrogens with one attached hydrogen (secondary N) is 4. The lowest BCUT2D eigenvalue weighted by molar-refractivity contribution is -0.144. The van der Waals surface area contributed by atoms with E-state index < -0.39 is 78.8 Å². The fourth-order valence-corrected chi connectivity index (χ4v) is 11.0. The molecule has 2 aromatic rings. The Morgan fingerprint density at radius 2 is 1.69 bits per heavy atom. The molecule has 3 unspecified atom stereocenters. The van der Waals surface area contributed by atoms with Gasteiger partial charge in [-0.05, 0) is 58.6 Å². The number of piperidine rings is 1. The Balaban J connectivity index is 1.33. The third kappa shape index (κ3) is 7.95. The van der Waals surface area contributed by atoms with E-state index in [-0.39, 0.29) is 51.8 Å². The molecule has 7 atom stereocenters. The summed E-state index contributed by atoms with van der Waals surface area (Å²) in [5.41, 5.74) is -2.68. The van der Waals surface area contributed by atoms with Gasteiger partial charge in [-0.3, -0.25) is 14.4 Å². The molecular weight excluding hydrogens is 753 g/mol. The van der Waals surface area contributed by atoms with Gasteiger partial charge in [0, 0.05) is 32.1 Å². The van der Waals surface area contributed by atoms with Crippen LogP contribution in [0.1, 0.15) is 54.9 Å². The van der Waals surface area contributed by atoms with Crippen LogP contribution >= 0.6 is 11.3 Å². The highest BCUT2D eigenvalue weighted by Crippen LogP contribution is 2.65. The van der Waals surface area contributed by atoms with Gasteiger partial charge in [0.15, 0.2) is 0 Å². The molecule has 4 N–H and O–H groups in total. The molecule has 1 aromatic carbocycles. The first-order chi connectivity index (χ1) is 25.0. The number of hydrogen-bond acceptors (Lipinski definition) is 9. The average Bonchev–Trinajstić information content (AvgIpc) is 3.62. The van der Waals surface area contributed by atoms with Crippen LogP contribution in [0.5, 0.6) is 0 Å². The van der Waals surface area contributed by atoms with Gasteiger partial charge in [0.05, 0.1) is 4.90 Å². The number of nitrogens with zero attached hydrogens (tertiary/aromatic N) is 2. The van der Waals surface area contributed by atoms with Crippen molar-refractivity contribution in [1.29, 1.82) is 0 Å². The summed E-state index contributed by atoms with van der Waals surface area (Å²) >= 11 is 1.10. The van der Waals surface area contributed by atoms with E-state index in [0.717, 1.165) is 11.3 Å². The van der Waals surface area contributed by atoms with Crippen LogP contribution < -0.4 is 20.7 Å². The number of likely N-dealkylation sites (tertiary alicyclic amines) is 1. The summed E-state index contributed by atoms with van der Waals surface area (Å²) in [7, 11) is -6.57. The van der Waals surface area contributed by atoms with Crippen molar-refractivity contribution in [2.45, 2.75) is 87.7 Å². The highest BCUT2D eigenvalue weighted by molar-refractivity contribution is 7.91. The molecule has 1 aliphatic heterocycles. The quantitative estimate of drug-likeness (QED) is 0.210. The first-order valence-electron chi connectivity index (χ1n) is 17.9. The zero-order valence-corrected chi connectivity index (χ0v) is 34.4. The molecule has 0 radical (unpaired) electrons. The molecule has 2 aliphatic carbocycles. The Morgan fingerprint density at radius 1 is 1.04 bits per heavy atom. The van der Waals surface area contributed by atoms with Gasteiger partial charge in [-0.2, -0.15) is 4.31 Å². The lowest BCUT2D eigenvalue weighted by atomic mass is 9.85. The smallest absolute Gasteiger partial charge is 0.315 e. The van der Waals surface area contributed by atoms with Crippen LogP contribution in [0.3, 0.4) is 0 Å². The van der Waals surface area contributed by atoms with E-state index in [4.69, 9.17) is 0 Å². The molecule has 54 heavy (non-hydrogen) atoms. The number of hydrogen-bond donors (Lipinski definition) is 4. The molecule has 5 amide bonds. The number of amides is 5. The number of carbonyl (C=O) groups is 4. The number of sulfonamides is 2. The Labute approximate surface area is 322 Å². The first-order valence-corrected chi connectivity index (χ1v) is 21.7. The van der Waals surface area contributed by atoms with E-state index in [1.54, 1.807) is 38.3 Å². The van der Waals surface area contributed by atoms with Crippen LogP contribution in [0.25, 0.3) is 0 Å². The van der Waals surface area contributed by atoms with Crippen molar-refractivity contribution in [2.75, 3.05) is 20.1 Å². The van der Waals surface area contributed by atoms with E-state index >= 15 is 0 Å². The van der Waals surface area contributed by atoms with Crippen molar-refractivity contribution in [1.82, 2.24) is 29.9 Å². The molecule has 0 spiro atoms. The molecule has 17 heteroatoms. The molecule has 14 nitrogen and oxygen atoms in total. The lowest BCUT2D eigenvalue weighted by Crippen LogP contribution is -2.63. The summed E-state index contributed by atoms with van der Waals surface area (Å²) in [5.74, 6) is -2.94. The summed E-state index contributed by atoms with van der Waals surface area (Å²) in [4.78, 5) is 57.4. The minimum Gasteiger partial charge on any atom is -0.339 e. The summed E-state index contributed by atoms with van der Waals surface area (Å²) in [5, 5.41) is 10.2. The molecule has 2 heterocycles. The third-order valence-electron chi connectivity index (χ3n) is 11.2. The zero-order valence-electron chi connectivity index (χ0n) is 32.0. The fraction of sp³-hybridized carbons (Fsp3) is 0.568. The van der Waals surface area contributed by atoms with Crippen molar-refractivity contribution in [3.8, 4) is 0 Å². The Kier molecular flexibility index (Phi) is 11.3. The number of fused-ring (bicyclic) bond motifs is 1. The number of thiophene rings is 1. The van der Waals surface area contributed by atoms with Gasteiger partial charge in [0.1, 0.15) is 21.8 Å². The topological polar surface area (TPSA) is 191 Å². The van der Waals surface area contributed by atoms with Crippen LogP contribution in [0.15, 0.2) is 69.6 Å². The fourth-order valence-electron chi connectivity index (χ4n) is 7.53. The molecule has 1 saturated heterocycles. The van der Waals surface area contributed by atoms with Gasteiger partial charge in [-0.15, -0.1) is 17.9 Å². The maximum Gasteiger partial charge on any atom is 0.315 e. The molecule has 2 saturated carbocycles. The van der Waals surface area contributed by atoms with Gasteiger partial charge in [-0.1, -0.05) is 78.8 Å². The van der Waals surface area contributed by atoms with Gasteiger partial charge < -0.3 is 20.9 Å². The predicted octanol–water partition coefficient (Wildman–Crippen LogP) is 3.16. The van der Waals surface area contributed by atoms with Crippen molar-refractivity contribution < 1.29 is 36.0 Å². The second kappa shape index (κ2) is 14.7. The van der Waals surface area contributed by atoms with Crippen LogP contribution in [0.2, 0.25) is 0 Å². The van der Waals surface area contributed by atoms with E-state index in [2.05, 4.69) is 27.3 Å². The Bertz CT molecular complexity index is 2000. The number of urea groups is 1. The minimum atomic E-state index is -4.24. The van der Waals surface area contributed by atoms with Crippen LogP contribution in [-0.4, -0.2) is 93.6 Å². The van der Waals surface area contributed by atoms with Crippen LogP contribution in [0.4, 0.5) is 4.79 Å². The summed E-state index contributed by atoms with van der Waals surface area (Å²) in [6.07, 6.45) is 1.62. The number of likely N-dealkylation sites (N-methyl/N-ethyl adjacent to an activating group) is 1. The van der Waals surface area contributed by atoms with E-state index in [1.807, 2.05) is 27.7 Å². The molecular formula is C37H52N6O8S3. The highest BCUT2D eigenvalue weighted by atomic mass is 32.2. The maximum atomic E-state index is 14.5. The van der Waals surface area contributed by atoms with Crippen LogP contribution in [-0.2, 0) is 34.4 Å². The minimum absolute atomic E-state index is 0.0139. The number of benzene rings is 1. The second-order valence-corrected chi connectivity index (χ2v) is 21.5. The zero-order chi connectivity index (χ0) is 40.2. The first kappa shape index (κ1) is 41.4. The standard InChI is InChI=1S/C37H52N6O8S3/c1-10-23-19-37(23,33(46)41-53(48,49)24-15-12-11-13-16-24)40-31(44)29-28-25(36(28,7)8)20-43(29)32(45)30(35(4,5)6)39-34(47)38-26(22(2)3)21-42(9)54(50,51)27-17-14-18-52-27/h10-18,22-23,25-26,28-30H,1,19-21H2,2-9H3,(H,40,44)(H,41,46)(H2,38,39,47)/t23?,25?,26-,28+,29+,30?,37-/m1/s1. The molecule has 3 fully saturated rings. The molecule has 1 aromatic heterocycles. The Morgan fingerprint density at radius 3 is 2.22 bits per heavy atom. The van der Waals surface area contributed by atoms with Gasteiger partial charge in [-0.25, -0.2) is 26.4 Å². The number of rotatable bonds is 14. The molecule has 0 bridgehead atoms. The molecule has 3 aliphatic rings. The highest BCUT2D eigenvalue weighted by Gasteiger charge is 2.71. The molecule has 5 rings (SSSR count). The SMILES string of the molecule is C=CC1C[C@]1(NC(=O)[C@@H]1[C@@H]2C(CN1C(=O)C(NC(=O)N[C@H](CN(C)S(=O)(=O)c1cccs1)C(C)C)C(C)(C)C)C2(C)C)C(=O)NS(=O)(=O)c1ccccc1. The largest absolute Gasteiger partial charge is 0.339 e. The summed E-state index contributed by atoms with van der Waals surface area (Å²) in [6.45, 7) is 17.1. The van der Waals surface area contributed by atoms with Crippen molar-refractivity contribution in [3.63, 3.8) is 0 Å². The van der Waals surface area contributed by atoms with Crippen molar-refractivity contribution in [2.24, 2.45) is 34.5 Å². The van der Waals surface area contributed by atoms with Gasteiger partial charge in [0.2, 0.25) is 11.8 Å². The van der Waals surface area contributed by atoms with Crippen LogP contribution in [0, 0.1) is 34.5 Å². The second-order valence-electron chi connectivity index (χ2n) is 16.6. The summed E-state index contributed by atoms with van der Waals surface area (Å²) in [6, 6.07) is 7.23. The van der Waals surface area contributed by atoms with E-state index in [1.165, 1.54) is 52.7 Å². The number of carbonyl (C=O) groups excluding carboxylic acids is 4. The normalized spacial score (nSPS) is 25.6. The van der Waals surface area contributed by atoms with E-state index in [0.29, 0.717) is 0 Å².